The second-order valence-corrected chi connectivity index (χ2v) is 4.57. The minimum atomic E-state index is -0.385. The molecule has 20 heavy (non-hydrogen) atoms. The Morgan fingerprint density at radius 1 is 1.15 bits per heavy atom. The summed E-state index contributed by atoms with van der Waals surface area (Å²) < 4.78 is 15.7. The maximum Gasteiger partial charge on any atom is 0.333 e. The number of esters is 1. The largest absolute Gasteiger partial charge is 0.460 e. The van der Waals surface area contributed by atoms with Crippen molar-refractivity contribution < 1.29 is 19.0 Å². The van der Waals surface area contributed by atoms with Gasteiger partial charge in [-0.3, -0.25) is 0 Å². The number of hydrogen-bond acceptors (Lipinski definition) is 4. The first kappa shape index (κ1) is 16.4. The summed E-state index contributed by atoms with van der Waals surface area (Å²) in [6, 6.07) is 8.20. The Balaban J connectivity index is 1.98. The fourth-order valence-corrected chi connectivity index (χ4v) is 1.53. The monoisotopic (exact) mass is 278 g/mol. The summed E-state index contributed by atoms with van der Waals surface area (Å²) in [5, 5.41) is 0. The van der Waals surface area contributed by atoms with Gasteiger partial charge in [-0.1, -0.05) is 36.4 Å². The normalized spacial score (nSPS) is 10.3. The minimum Gasteiger partial charge on any atom is -0.460 e. The zero-order valence-electron chi connectivity index (χ0n) is 12.2. The molecular weight excluding hydrogens is 256 g/mol. The molecule has 1 aromatic carbocycles. The van der Waals surface area contributed by atoms with Crippen LogP contribution < -0.4 is 0 Å². The first-order chi connectivity index (χ1) is 9.59. The maximum absolute atomic E-state index is 11.1. The van der Waals surface area contributed by atoms with E-state index in [1.165, 1.54) is 5.56 Å². The predicted octanol–water partition coefficient (Wildman–Crippen LogP) is 2.65. The number of rotatable bonds is 9. The van der Waals surface area contributed by atoms with E-state index in [0.29, 0.717) is 32.0 Å². The Hall–Kier alpha value is -1.65. The van der Waals surface area contributed by atoms with Crippen LogP contribution in [0.2, 0.25) is 0 Å². The molecule has 0 aliphatic carbocycles. The summed E-state index contributed by atoms with van der Waals surface area (Å²) in [5.41, 5.74) is 2.77. The number of carbonyl (C=O) groups is 1. The molecule has 0 saturated carbocycles. The van der Waals surface area contributed by atoms with Crippen molar-refractivity contribution in [2.24, 2.45) is 0 Å². The van der Waals surface area contributed by atoms with E-state index in [4.69, 9.17) is 14.2 Å². The standard InChI is InChI=1S/C16H22O4/c1-13(2)16(17)20-10-9-18-7-8-19-12-15-6-4-5-14(3)11-15/h4-6,11H,1,7-10,12H2,2-3H3. The van der Waals surface area contributed by atoms with Gasteiger partial charge in [0, 0.05) is 5.57 Å². The summed E-state index contributed by atoms with van der Waals surface area (Å²) >= 11 is 0. The van der Waals surface area contributed by atoms with Crippen molar-refractivity contribution >= 4 is 5.97 Å². The van der Waals surface area contributed by atoms with E-state index >= 15 is 0 Å². The number of ether oxygens (including phenoxy) is 3. The van der Waals surface area contributed by atoms with Gasteiger partial charge in [0.2, 0.25) is 0 Å². The molecule has 1 aromatic rings. The average Bonchev–Trinajstić information content (AvgIpc) is 2.41. The lowest BCUT2D eigenvalue weighted by atomic mass is 10.1. The van der Waals surface area contributed by atoms with Crippen molar-refractivity contribution in [2.45, 2.75) is 20.5 Å². The molecule has 1 rings (SSSR count). The molecule has 0 unspecified atom stereocenters. The van der Waals surface area contributed by atoms with Gasteiger partial charge >= 0.3 is 5.97 Å². The highest BCUT2D eigenvalue weighted by Gasteiger charge is 2.01. The Morgan fingerprint density at radius 3 is 2.55 bits per heavy atom. The van der Waals surface area contributed by atoms with Crippen LogP contribution in [0.1, 0.15) is 18.1 Å². The molecule has 110 valence electrons. The Labute approximate surface area is 120 Å². The molecule has 0 aliphatic rings. The number of aryl methyl sites for hydroxylation is 1. The number of benzene rings is 1. The van der Waals surface area contributed by atoms with Crippen molar-refractivity contribution in [3.63, 3.8) is 0 Å². The second-order valence-electron chi connectivity index (χ2n) is 4.57. The molecule has 4 nitrogen and oxygen atoms in total. The zero-order valence-corrected chi connectivity index (χ0v) is 12.2. The van der Waals surface area contributed by atoms with E-state index in [-0.39, 0.29) is 12.6 Å². The predicted molar refractivity (Wildman–Crippen MR) is 77.4 cm³/mol. The molecule has 0 aliphatic heterocycles. The third-order valence-corrected chi connectivity index (χ3v) is 2.53. The summed E-state index contributed by atoms with van der Waals surface area (Å²) in [6.45, 7) is 9.35. The lowest BCUT2D eigenvalue weighted by Gasteiger charge is -2.07. The van der Waals surface area contributed by atoms with Gasteiger partial charge in [0.1, 0.15) is 6.61 Å². The lowest BCUT2D eigenvalue weighted by molar-refractivity contribution is -0.140. The molecule has 0 fully saturated rings. The van der Waals surface area contributed by atoms with Crippen LogP contribution >= 0.6 is 0 Å². The van der Waals surface area contributed by atoms with Gasteiger partial charge in [-0.05, 0) is 19.4 Å². The maximum atomic E-state index is 11.1. The molecule has 0 atom stereocenters. The van der Waals surface area contributed by atoms with Crippen molar-refractivity contribution in [3.8, 4) is 0 Å². The van der Waals surface area contributed by atoms with E-state index in [0.717, 1.165) is 5.56 Å². The van der Waals surface area contributed by atoms with Crippen molar-refractivity contribution in [2.75, 3.05) is 26.4 Å². The fourth-order valence-electron chi connectivity index (χ4n) is 1.53. The Morgan fingerprint density at radius 2 is 1.85 bits per heavy atom. The van der Waals surface area contributed by atoms with Crippen LogP contribution in [0.15, 0.2) is 36.4 Å². The molecule has 0 spiro atoms. The fraction of sp³-hybridized carbons (Fsp3) is 0.438. The third kappa shape index (κ3) is 7.07. The summed E-state index contributed by atoms with van der Waals surface area (Å²) in [4.78, 5) is 11.1. The van der Waals surface area contributed by atoms with Crippen LogP contribution in [0, 0.1) is 6.92 Å². The van der Waals surface area contributed by atoms with E-state index in [1.807, 2.05) is 12.1 Å². The second kappa shape index (κ2) is 9.28. The van der Waals surface area contributed by atoms with Crippen LogP contribution in [0.5, 0.6) is 0 Å². The first-order valence-corrected chi connectivity index (χ1v) is 6.63. The highest BCUT2D eigenvalue weighted by molar-refractivity contribution is 5.86. The Kier molecular flexibility index (Phi) is 7.62. The van der Waals surface area contributed by atoms with Gasteiger partial charge < -0.3 is 14.2 Å². The molecule has 0 radical (unpaired) electrons. The van der Waals surface area contributed by atoms with Crippen LogP contribution in [0.25, 0.3) is 0 Å². The molecule has 0 N–H and O–H groups in total. The molecule has 0 saturated heterocycles. The van der Waals surface area contributed by atoms with Gasteiger partial charge in [-0.15, -0.1) is 0 Å². The van der Waals surface area contributed by atoms with Crippen molar-refractivity contribution in [1.29, 1.82) is 0 Å². The van der Waals surface area contributed by atoms with Crippen molar-refractivity contribution in [3.05, 3.63) is 47.5 Å². The van der Waals surface area contributed by atoms with Gasteiger partial charge in [-0.2, -0.15) is 0 Å². The van der Waals surface area contributed by atoms with Gasteiger partial charge in [0.15, 0.2) is 0 Å². The average molecular weight is 278 g/mol. The minimum absolute atomic E-state index is 0.240. The van der Waals surface area contributed by atoms with Crippen LogP contribution in [-0.2, 0) is 25.6 Å². The summed E-state index contributed by atoms with van der Waals surface area (Å²) in [6.07, 6.45) is 0. The third-order valence-electron chi connectivity index (χ3n) is 2.53. The summed E-state index contributed by atoms with van der Waals surface area (Å²) in [5.74, 6) is -0.385. The lowest BCUT2D eigenvalue weighted by Crippen LogP contribution is -2.13. The van der Waals surface area contributed by atoms with Crippen LogP contribution in [0.4, 0.5) is 0 Å². The highest BCUT2D eigenvalue weighted by Crippen LogP contribution is 2.04. The van der Waals surface area contributed by atoms with Crippen LogP contribution in [0.3, 0.4) is 0 Å². The van der Waals surface area contributed by atoms with Gasteiger partial charge in [-0.25, -0.2) is 4.79 Å². The van der Waals surface area contributed by atoms with E-state index in [1.54, 1.807) is 6.92 Å². The molecule has 0 heterocycles. The molecule has 0 aromatic heterocycles. The highest BCUT2D eigenvalue weighted by atomic mass is 16.6. The molecule has 4 heteroatoms. The number of carbonyl (C=O) groups excluding carboxylic acids is 1. The van der Waals surface area contributed by atoms with E-state index in [2.05, 4.69) is 25.6 Å². The zero-order chi connectivity index (χ0) is 14.8. The first-order valence-electron chi connectivity index (χ1n) is 6.63. The SMILES string of the molecule is C=C(C)C(=O)OCCOCCOCc1cccc(C)c1. The topological polar surface area (TPSA) is 44.8 Å². The van der Waals surface area contributed by atoms with Crippen LogP contribution in [-0.4, -0.2) is 32.4 Å². The van der Waals surface area contributed by atoms with Crippen molar-refractivity contribution in [1.82, 2.24) is 0 Å². The summed E-state index contributed by atoms with van der Waals surface area (Å²) in [7, 11) is 0. The molecular formula is C16H22O4. The quantitative estimate of drug-likeness (QED) is 0.396. The van der Waals surface area contributed by atoms with E-state index in [9.17, 15) is 4.79 Å². The Bertz CT molecular complexity index is 440. The molecule has 0 amide bonds. The molecule has 0 bridgehead atoms. The van der Waals surface area contributed by atoms with Gasteiger partial charge in [0.25, 0.3) is 0 Å². The van der Waals surface area contributed by atoms with Gasteiger partial charge in [0.05, 0.1) is 26.4 Å². The smallest absolute Gasteiger partial charge is 0.333 e. The van der Waals surface area contributed by atoms with E-state index < -0.39 is 0 Å². The number of hydrogen-bond donors (Lipinski definition) is 0.